The van der Waals surface area contributed by atoms with Crippen LogP contribution in [-0.4, -0.2) is 31.9 Å². The van der Waals surface area contributed by atoms with Gasteiger partial charge in [-0.3, -0.25) is 0 Å². The topological polar surface area (TPSA) is 35.4 Å². The molecule has 0 saturated carbocycles. The number of benzene rings is 1. The maximum atomic E-state index is 5.38. The summed E-state index contributed by atoms with van der Waals surface area (Å²) in [4.78, 5) is 0. The first-order valence-corrected chi connectivity index (χ1v) is 6.61. The SMILES string of the molecule is CCNCCc1cn(C)c2cc(OC)c(OC)cc12. The summed E-state index contributed by atoms with van der Waals surface area (Å²) >= 11 is 0. The van der Waals surface area contributed by atoms with Crippen LogP contribution in [0, 0.1) is 0 Å². The van der Waals surface area contributed by atoms with E-state index in [4.69, 9.17) is 9.47 Å². The first-order chi connectivity index (χ1) is 9.21. The lowest BCUT2D eigenvalue weighted by atomic mass is 10.1. The number of likely N-dealkylation sites (N-methyl/N-ethyl adjacent to an activating group) is 1. The van der Waals surface area contributed by atoms with Gasteiger partial charge in [0.05, 0.1) is 19.7 Å². The highest BCUT2D eigenvalue weighted by Crippen LogP contribution is 2.34. The Balaban J connectivity index is 2.43. The third-order valence-electron chi connectivity index (χ3n) is 3.40. The number of rotatable bonds is 6. The zero-order valence-corrected chi connectivity index (χ0v) is 12.1. The normalized spacial score (nSPS) is 10.9. The van der Waals surface area contributed by atoms with Crippen LogP contribution in [0.1, 0.15) is 12.5 Å². The Bertz CT molecular complexity index is 561. The van der Waals surface area contributed by atoms with Crippen molar-refractivity contribution in [1.82, 2.24) is 9.88 Å². The monoisotopic (exact) mass is 262 g/mol. The zero-order valence-electron chi connectivity index (χ0n) is 12.1. The summed E-state index contributed by atoms with van der Waals surface area (Å²) in [6.45, 7) is 4.11. The number of nitrogens with zero attached hydrogens (tertiary/aromatic N) is 1. The predicted molar refractivity (Wildman–Crippen MR) is 78.3 cm³/mol. The largest absolute Gasteiger partial charge is 0.493 e. The average molecular weight is 262 g/mol. The number of fused-ring (bicyclic) bond motifs is 1. The minimum Gasteiger partial charge on any atom is -0.493 e. The van der Waals surface area contributed by atoms with Crippen LogP contribution in [0.2, 0.25) is 0 Å². The number of aromatic nitrogens is 1. The molecule has 0 radical (unpaired) electrons. The van der Waals surface area contributed by atoms with Crippen LogP contribution in [-0.2, 0) is 13.5 Å². The summed E-state index contributed by atoms with van der Waals surface area (Å²) in [7, 11) is 5.40. The Kier molecular flexibility index (Phi) is 4.32. The van der Waals surface area contributed by atoms with E-state index in [1.807, 2.05) is 6.07 Å². The molecule has 4 nitrogen and oxygen atoms in total. The maximum absolute atomic E-state index is 5.38. The summed E-state index contributed by atoms with van der Waals surface area (Å²) in [6.07, 6.45) is 3.20. The van der Waals surface area contributed by atoms with Crippen molar-refractivity contribution in [1.29, 1.82) is 0 Å². The minimum absolute atomic E-state index is 0.773. The molecule has 0 aliphatic rings. The molecule has 0 atom stereocenters. The van der Waals surface area contributed by atoms with Gasteiger partial charge in [0, 0.05) is 24.7 Å². The quantitative estimate of drug-likeness (QED) is 0.812. The van der Waals surface area contributed by atoms with Gasteiger partial charge in [0.1, 0.15) is 0 Å². The number of aryl methyl sites for hydroxylation is 1. The van der Waals surface area contributed by atoms with Crippen LogP contribution in [0.4, 0.5) is 0 Å². The number of methoxy groups -OCH3 is 2. The van der Waals surface area contributed by atoms with Crippen molar-refractivity contribution in [3.63, 3.8) is 0 Å². The summed E-state index contributed by atoms with van der Waals surface area (Å²) in [5, 5.41) is 4.59. The van der Waals surface area contributed by atoms with Crippen molar-refractivity contribution in [3.05, 3.63) is 23.9 Å². The molecule has 1 aromatic carbocycles. The van der Waals surface area contributed by atoms with E-state index in [2.05, 4.69) is 36.1 Å². The molecule has 0 spiro atoms. The number of hydrogen-bond acceptors (Lipinski definition) is 3. The van der Waals surface area contributed by atoms with Gasteiger partial charge in [0.2, 0.25) is 0 Å². The fourth-order valence-electron chi connectivity index (χ4n) is 2.39. The standard InChI is InChI=1S/C15H22N2O2/c1-5-16-7-6-11-10-17(2)13-9-15(19-4)14(18-3)8-12(11)13/h8-10,16H,5-7H2,1-4H3. The van der Waals surface area contributed by atoms with Crippen LogP contribution < -0.4 is 14.8 Å². The molecule has 1 aromatic heterocycles. The molecule has 0 amide bonds. The van der Waals surface area contributed by atoms with Crippen molar-refractivity contribution in [2.75, 3.05) is 27.3 Å². The Morgan fingerprint density at radius 2 is 1.84 bits per heavy atom. The van der Waals surface area contributed by atoms with Crippen molar-refractivity contribution in [3.8, 4) is 11.5 Å². The number of ether oxygens (including phenoxy) is 2. The van der Waals surface area contributed by atoms with Crippen molar-refractivity contribution >= 4 is 10.9 Å². The molecular weight excluding hydrogens is 240 g/mol. The smallest absolute Gasteiger partial charge is 0.162 e. The number of hydrogen-bond donors (Lipinski definition) is 1. The fraction of sp³-hybridized carbons (Fsp3) is 0.467. The molecule has 19 heavy (non-hydrogen) atoms. The van der Waals surface area contributed by atoms with Crippen LogP contribution >= 0.6 is 0 Å². The van der Waals surface area contributed by atoms with Gasteiger partial charge in [-0.05, 0) is 31.1 Å². The van der Waals surface area contributed by atoms with Crippen LogP contribution in [0.15, 0.2) is 18.3 Å². The van der Waals surface area contributed by atoms with E-state index in [1.54, 1.807) is 14.2 Å². The third kappa shape index (κ3) is 2.68. The second kappa shape index (κ2) is 5.97. The van der Waals surface area contributed by atoms with Gasteiger partial charge in [-0.2, -0.15) is 0 Å². The second-order valence-electron chi connectivity index (χ2n) is 4.59. The molecule has 0 saturated heterocycles. The zero-order chi connectivity index (χ0) is 13.8. The van der Waals surface area contributed by atoms with Crippen molar-refractivity contribution in [2.45, 2.75) is 13.3 Å². The molecule has 0 aliphatic carbocycles. The lowest BCUT2D eigenvalue weighted by Gasteiger charge is -2.08. The Morgan fingerprint density at radius 1 is 1.16 bits per heavy atom. The van der Waals surface area contributed by atoms with Gasteiger partial charge in [0.25, 0.3) is 0 Å². The third-order valence-corrected chi connectivity index (χ3v) is 3.40. The minimum atomic E-state index is 0.773. The molecule has 4 heteroatoms. The Morgan fingerprint density at radius 3 is 2.47 bits per heavy atom. The fourth-order valence-corrected chi connectivity index (χ4v) is 2.39. The summed E-state index contributed by atoms with van der Waals surface area (Å²) < 4.78 is 12.9. The van der Waals surface area contributed by atoms with Gasteiger partial charge in [-0.15, -0.1) is 0 Å². The Hall–Kier alpha value is -1.68. The van der Waals surface area contributed by atoms with Crippen molar-refractivity contribution < 1.29 is 9.47 Å². The van der Waals surface area contributed by atoms with Gasteiger partial charge in [-0.1, -0.05) is 6.92 Å². The molecule has 0 bridgehead atoms. The average Bonchev–Trinajstić information content (AvgIpc) is 2.74. The van der Waals surface area contributed by atoms with Gasteiger partial charge < -0.3 is 19.4 Å². The lowest BCUT2D eigenvalue weighted by molar-refractivity contribution is 0.355. The highest BCUT2D eigenvalue weighted by molar-refractivity contribution is 5.87. The summed E-state index contributed by atoms with van der Waals surface area (Å²) in [5.41, 5.74) is 2.50. The van der Waals surface area contributed by atoms with Crippen LogP contribution in [0.3, 0.4) is 0 Å². The first kappa shape index (κ1) is 13.7. The second-order valence-corrected chi connectivity index (χ2v) is 4.59. The first-order valence-electron chi connectivity index (χ1n) is 6.61. The van der Waals surface area contributed by atoms with E-state index < -0.39 is 0 Å². The van der Waals surface area contributed by atoms with Crippen LogP contribution in [0.5, 0.6) is 11.5 Å². The molecule has 0 aliphatic heterocycles. The van der Waals surface area contributed by atoms with Gasteiger partial charge >= 0.3 is 0 Å². The summed E-state index contributed by atoms with van der Waals surface area (Å²) in [6, 6.07) is 4.10. The van der Waals surface area contributed by atoms with E-state index in [0.717, 1.165) is 31.0 Å². The molecule has 0 fully saturated rings. The van der Waals surface area contributed by atoms with E-state index in [1.165, 1.54) is 16.5 Å². The van der Waals surface area contributed by atoms with Crippen molar-refractivity contribution in [2.24, 2.45) is 7.05 Å². The molecular formula is C15H22N2O2. The molecule has 1 N–H and O–H groups in total. The number of nitrogens with one attached hydrogen (secondary N) is 1. The predicted octanol–water partition coefficient (Wildman–Crippen LogP) is 2.35. The van der Waals surface area contributed by atoms with Gasteiger partial charge in [-0.25, -0.2) is 0 Å². The van der Waals surface area contributed by atoms with Crippen LogP contribution in [0.25, 0.3) is 10.9 Å². The molecule has 0 unspecified atom stereocenters. The maximum Gasteiger partial charge on any atom is 0.162 e. The highest BCUT2D eigenvalue weighted by atomic mass is 16.5. The lowest BCUT2D eigenvalue weighted by Crippen LogP contribution is -2.15. The van der Waals surface area contributed by atoms with E-state index in [0.29, 0.717) is 0 Å². The molecule has 2 rings (SSSR count). The molecule has 2 aromatic rings. The molecule has 104 valence electrons. The Labute approximate surface area is 114 Å². The molecule has 1 heterocycles. The van der Waals surface area contributed by atoms with Gasteiger partial charge in [0.15, 0.2) is 11.5 Å². The summed E-state index contributed by atoms with van der Waals surface area (Å²) in [5.74, 6) is 1.56. The van der Waals surface area contributed by atoms with E-state index in [9.17, 15) is 0 Å². The van der Waals surface area contributed by atoms with E-state index >= 15 is 0 Å². The van der Waals surface area contributed by atoms with E-state index in [-0.39, 0.29) is 0 Å². The highest BCUT2D eigenvalue weighted by Gasteiger charge is 2.12.